The summed E-state index contributed by atoms with van der Waals surface area (Å²) in [7, 11) is 0. The molecule has 1 rings (SSSR count). The van der Waals surface area contributed by atoms with Gasteiger partial charge in [0.15, 0.2) is 0 Å². The van der Waals surface area contributed by atoms with Gasteiger partial charge >= 0.3 is 0 Å². The molecular weight excluding hydrogens is 236 g/mol. The van der Waals surface area contributed by atoms with Crippen molar-refractivity contribution in [1.29, 1.82) is 0 Å². The summed E-state index contributed by atoms with van der Waals surface area (Å²) >= 11 is 0. The van der Waals surface area contributed by atoms with Crippen LogP contribution in [0.25, 0.3) is 0 Å². The molecule has 0 saturated carbocycles. The fraction of sp³-hybridized carbons (Fsp3) is 0.625. The van der Waals surface area contributed by atoms with Crippen LogP contribution in [0.2, 0.25) is 0 Å². The number of para-hydroxylation sites is 1. The Labute approximate surface area is 117 Å². The second-order valence-electron chi connectivity index (χ2n) is 6.14. The van der Waals surface area contributed by atoms with E-state index in [0.29, 0.717) is 12.0 Å². The lowest BCUT2D eigenvalue weighted by Gasteiger charge is -2.22. The summed E-state index contributed by atoms with van der Waals surface area (Å²) in [6.45, 7) is 9.49. The van der Waals surface area contributed by atoms with Crippen LogP contribution < -0.4 is 16.0 Å². The first-order valence-corrected chi connectivity index (χ1v) is 7.16. The van der Waals surface area contributed by atoms with E-state index in [-0.39, 0.29) is 6.04 Å². The van der Waals surface area contributed by atoms with Gasteiger partial charge in [-0.2, -0.15) is 0 Å². The van der Waals surface area contributed by atoms with Gasteiger partial charge in [0, 0.05) is 11.6 Å². The number of nitrogens with one attached hydrogen (secondary N) is 1. The summed E-state index contributed by atoms with van der Waals surface area (Å²) in [4.78, 5) is 0. The van der Waals surface area contributed by atoms with Crippen molar-refractivity contribution in [1.82, 2.24) is 5.43 Å². The van der Waals surface area contributed by atoms with Crippen LogP contribution in [0.3, 0.4) is 0 Å². The zero-order chi connectivity index (χ0) is 14.3. The maximum absolute atomic E-state index is 5.71. The van der Waals surface area contributed by atoms with E-state index in [2.05, 4.69) is 32.3 Å². The first-order valence-electron chi connectivity index (χ1n) is 7.16. The van der Waals surface area contributed by atoms with Crippen molar-refractivity contribution in [2.75, 3.05) is 6.61 Å². The second-order valence-corrected chi connectivity index (χ2v) is 6.14. The highest BCUT2D eigenvalue weighted by molar-refractivity contribution is 5.35. The Kier molecular flexibility index (Phi) is 6.32. The van der Waals surface area contributed by atoms with Gasteiger partial charge in [0.1, 0.15) is 5.75 Å². The minimum atomic E-state index is 0.157. The number of rotatable bonds is 7. The maximum atomic E-state index is 5.71. The SMILES string of the molecule is CCOc1ccccc1C(CCCC(C)(C)C)NN. The lowest BCUT2D eigenvalue weighted by atomic mass is 9.88. The Hall–Kier alpha value is -1.06. The average Bonchev–Trinajstić information content (AvgIpc) is 2.35. The Bertz CT molecular complexity index is 371. The molecule has 0 aromatic heterocycles. The van der Waals surface area contributed by atoms with Gasteiger partial charge in [-0.1, -0.05) is 45.4 Å². The zero-order valence-electron chi connectivity index (χ0n) is 12.7. The van der Waals surface area contributed by atoms with Crippen molar-refractivity contribution >= 4 is 0 Å². The number of hydrogen-bond donors (Lipinski definition) is 2. The maximum Gasteiger partial charge on any atom is 0.124 e. The lowest BCUT2D eigenvalue weighted by Crippen LogP contribution is -2.28. The Morgan fingerprint density at radius 1 is 1.26 bits per heavy atom. The number of ether oxygens (including phenoxy) is 1. The quantitative estimate of drug-likeness (QED) is 0.581. The molecule has 0 radical (unpaired) electrons. The number of nitrogens with two attached hydrogens (primary N) is 1. The van der Waals surface area contributed by atoms with Crippen LogP contribution in [-0.2, 0) is 0 Å². The molecule has 0 saturated heterocycles. The third-order valence-corrected chi connectivity index (χ3v) is 3.22. The summed E-state index contributed by atoms with van der Waals surface area (Å²) in [6.07, 6.45) is 3.37. The predicted octanol–water partition coefficient (Wildman–Crippen LogP) is 3.81. The minimum Gasteiger partial charge on any atom is -0.494 e. The predicted molar refractivity (Wildman–Crippen MR) is 81.0 cm³/mol. The lowest BCUT2D eigenvalue weighted by molar-refractivity contribution is 0.321. The molecule has 1 aromatic rings. The highest BCUT2D eigenvalue weighted by Crippen LogP contribution is 2.30. The van der Waals surface area contributed by atoms with Gasteiger partial charge in [-0.05, 0) is 31.2 Å². The summed E-state index contributed by atoms with van der Waals surface area (Å²) in [5, 5.41) is 0. The highest BCUT2D eigenvalue weighted by Gasteiger charge is 2.16. The van der Waals surface area contributed by atoms with Crippen molar-refractivity contribution in [2.24, 2.45) is 11.3 Å². The van der Waals surface area contributed by atoms with Crippen molar-refractivity contribution in [3.8, 4) is 5.75 Å². The standard InChI is InChI=1S/C16H28N2O/c1-5-19-15-11-7-6-9-13(15)14(18-17)10-8-12-16(2,3)4/h6-7,9,11,14,18H,5,8,10,12,17H2,1-4H3. The topological polar surface area (TPSA) is 47.3 Å². The van der Waals surface area contributed by atoms with E-state index in [1.54, 1.807) is 0 Å². The summed E-state index contributed by atoms with van der Waals surface area (Å²) in [6, 6.07) is 8.29. The minimum absolute atomic E-state index is 0.157. The fourth-order valence-electron chi connectivity index (χ4n) is 2.22. The molecule has 0 fully saturated rings. The molecule has 3 N–H and O–H groups in total. The van der Waals surface area contributed by atoms with E-state index in [0.717, 1.165) is 24.2 Å². The fourth-order valence-corrected chi connectivity index (χ4v) is 2.22. The van der Waals surface area contributed by atoms with Gasteiger partial charge in [-0.3, -0.25) is 11.3 Å². The summed E-state index contributed by atoms with van der Waals surface area (Å²) in [5.74, 6) is 6.65. The van der Waals surface area contributed by atoms with Crippen molar-refractivity contribution in [3.63, 3.8) is 0 Å². The van der Waals surface area contributed by atoms with Crippen LogP contribution in [-0.4, -0.2) is 6.61 Å². The number of hydrazine groups is 1. The van der Waals surface area contributed by atoms with Crippen molar-refractivity contribution < 1.29 is 4.74 Å². The van der Waals surface area contributed by atoms with Gasteiger partial charge in [0.2, 0.25) is 0 Å². The molecule has 0 amide bonds. The summed E-state index contributed by atoms with van der Waals surface area (Å²) in [5.41, 5.74) is 4.45. The van der Waals surface area contributed by atoms with Gasteiger partial charge in [-0.25, -0.2) is 0 Å². The Morgan fingerprint density at radius 2 is 1.95 bits per heavy atom. The average molecular weight is 264 g/mol. The van der Waals surface area contributed by atoms with Gasteiger partial charge < -0.3 is 4.74 Å². The van der Waals surface area contributed by atoms with Crippen LogP contribution in [0.5, 0.6) is 5.75 Å². The second kappa shape index (κ2) is 7.51. The molecule has 0 aliphatic rings. The molecule has 0 aliphatic heterocycles. The van der Waals surface area contributed by atoms with Crippen LogP contribution in [0.1, 0.15) is 58.6 Å². The largest absolute Gasteiger partial charge is 0.494 e. The zero-order valence-corrected chi connectivity index (χ0v) is 12.7. The normalized spacial score (nSPS) is 13.3. The van der Waals surface area contributed by atoms with Crippen LogP contribution >= 0.6 is 0 Å². The molecule has 0 spiro atoms. The third kappa shape index (κ3) is 5.62. The van der Waals surface area contributed by atoms with Crippen LogP contribution in [0, 0.1) is 5.41 Å². The van der Waals surface area contributed by atoms with Gasteiger partial charge in [0.05, 0.1) is 6.61 Å². The first kappa shape index (κ1) is 16.0. The monoisotopic (exact) mass is 264 g/mol. The van der Waals surface area contributed by atoms with Crippen LogP contribution in [0.4, 0.5) is 0 Å². The van der Waals surface area contributed by atoms with E-state index >= 15 is 0 Å². The highest BCUT2D eigenvalue weighted by atomic mass is 16.5. The van der Waals surface area contributed by atoms with E-state index in [4.69, 9.17) is 10.6 Å². The molecule has 108 valence electrons. The van der Waals surface area contributed by atoms with Gasteiger partial charge in [-0.15, -0.1) is 0 Å². The molecule has 3 heteroatoms. The molecule has 0 aliphatic carbocycles. The number of benzene rings is 1. The van der Waals surface area contributed by atoms with Crippen molar-refractivity contribution in [3.05, 3.63) is 29.8 Å². The first-order chi connectivity index (χ1) is 8.98. The van der Waals surface area contributed by atoms with Crippen LogP contribution in [0.15, 0.2) is 24.3 Å². The molecule has 1 unspecified atom stereocenters. The number of hydrogen-bond acceptors (Lipinski definition) is 3. The van der Waals surface area contributed by atoms with E-state index in [1.165, 1.54) is 6.42 Å². The third-order valence-electron chi connectivity index (χ3n) is 3.22. The molecule has 0 bridgehead atoms. The molecule has 0 heterocycles. The van der Waals surface area contributed by atoms with E-state index in [9.17, 15) is 0 Å². The summed E-state index contributed by atoms with van der Waals surface area (Å²) < 4.78 is 5.67. The van der Waals surface area contributed by atoms with Gasteiger partial charge in [0.25, 0.3) is 0 Å². The molecule has 19 heavy (non-hydrogen) atoms. The Balaban J connectivity index is 2.68. The molecule has 1 aromatic carbocycles. The molecule has 3 nitrogen and oxygen atoms in total. The smallest absolute Gasteiger partial charge is 0.124 e. The van der Waals surface area contributed by atoms with Crippen molar-refractivity contribution in [2.45, 2.75) is 53.0 Å². The molecule has 1 atom stereocenters. The van der Waals surface area contributed by atoms with E-state index in [1.807, 2.05) is 25.1 Å². The Morgan fingerprint density at radius 3 is 2.53 bits per heavy atom. The molecular formula is C16H28N2O. The van der Waals surface area contributed by atoms with E-state index < -0.39 is 0 Å².